The van der Waals surface area contributed by atoms with Gasteiger partial charge in [-0.2, -0.15) is 0 Å². The van der Waals surface area contributed by atoms with E-state index in [4.69, 9.17) is 0 Å². The summed E-state index contributed by atoms with van der Waals surface area (Å²) in [4.78, 5) is 0. The number of fused-ring (bicyclic) bond motifs is 3. The highest BCUT2D eigenvalue weighted by molar-refractivity contribution is 9.10. The van der Waals surface area contributed by atoms with Gasteiger partial charge in [0.05, 0.1) is 0 Å². The van der Waals surface area contributed by atoms with E-state index in [2.05, 4.69) is 109 Å². The zero-order valence-corrected chi connectivity index (χ0v) is 17.7. The first kappa shape index (κ1) is 17.5. The van der Waals surface area contributed by atoms with E-state index in [0.717, 1.165) is 10.9 Å². The lowest BCUT2D eigenvalue weighted by molar-refractivity contribution is 1.23. The first-order valence-corrected chi connectivity index (χ1v) is 10.5. The monoisotopic (exact) mass is 424 g/mol. The maximum Gasteiger partial charge on any atom is 0.0254 e. The van der Waals surface area contributed by atoms with Crippen LogP contribution < -0.4 is 0 Å². The fourth-order valence-corrected chi connectivity index (χ4v) is 4.86. The quantitative estimate of drug-likeness (QED) is 0.269. The predicted molar refractivity (Wildman–Crippen MR) is 123 cm³/mol. The van der Waals surface area contributed by atoms with Gasteiger partial charge in [-0.1, -0.05) is 82.7 Å². The highest BCUT2D eigenvalue weighted by Gasteiger charge is 2.25. The summed E-state index contributed by atoms with van der Waals surface area (Å²) in [5.74, 6) is 0. The second-order valence-corrected chi connectivity index (χ2v) is 8.47. The highest BCUT2D eigenvalue weighted by Crippen LogP contribution is 2.46. The van der Waals surface area contributed by atoms with E-state index >= 15 is 0 Å². The largest absolute Gasteiger partial charge is 0.0622 e. The molecule has 0 nitrogen and oxygen atoms in total. The van der Waals surface area contributed by atoms with E-state index in [9.17, 15) is 0 Å². The molecular weight excluding hydrogens is 404 g/mol. The maximum atomic E-state index is 3.84. The molecule has 0 atom stereocenters. The van der Waals surface area contributed by atoms with Crippen LogP contribution >= 0.6 is 15.9 Å². The minimum absolute atomic E-state index is 1.00. The molecule has 1 heteroatoms. The number of halogens is 1. The second kappa shape index (κ2) is 6.76. The fourth-order valence-electron chi connectivity index (χ4n) is 4.41. The smallest absolute Gasteiger partial charge is 0.0254 e. The van der Waals surface area contributed by atoms with Crippen molar-refractivity contribution in [3.8, 4) is 33.4 Å². The molecule has 0 saturated heterocycles. The lowest BCUT2D eigenvalue weighted by atomic mass is 9.87. The third-order valence-electron chi connectivity index (χ3n) is 5.97. The first-order valence-electron chi connectivity index (χ1n) is 9.70. The Morgan fingerprint density at radius 1 is 0.679 bits per heavy atom. The summed E-state index contributed by atoms with van der Waals surface area (Å²) in [5.41, 5.74) is 13.6. The van der Waals surface area contributed by atoms with Gasteiger partial charge < -0.3 is 0 Å². The molecule has 0 N–H and O–H groups in total. The molecule has 0 bridgehead atoms. The summed E-state index contributed by atoms with van der Waals surface area (Å²) in [6.07, 6.45) is 1.00. The molecule has 136 valence electrons. The van der Waals surface area contributed by atoms with Crippen LogP contribution in [0.5, 0.6) is 0 Å². The van der Waals surface area contributed by atoms with Crippen LogP contribution in [0.1, 0.15) is 22.3 Å². The summed E-state index contributed by atoms with van der Waals surface area (Å²) >= 11 is 3.84. The molecule has 28 heavy (non-hydrogen) atoms. The van der Waals surface area contributed by atoms with Gasteiger partial charge in [-0.05, 0) is 88.0 Å². The number of hydrogen-bond donors (Lipinski definition) is 0. The van der Waals surface area contributed by atoms with Crippen molar-refractivity contribution < 1.29 is 0 Å². The van der Waals surface area contributed by atoms with Crippen LogP contribution in [0.2, 0.25) is 0 Å². The SMILES string of the molecule is Cc1cc2c(c(-c3cc(-c4ccccc4)ccc3Br)c1C)Cc1ccccc1-2. The van der Waals surface area contributed by atoms with Crippen LogP contribution in [0.4, 0.5) is 0 Å². The Hall–Kier alpha value is -2.64. The Bertz CT molecular complexity index is 1200. The zero-order valence-electron chi connectivity index (χ0n) is 16.1. The van der Waals surface area contributed by atoms with Crippen molar-refractivity contribution in [3.63, 3.8) is 0 Å². The summed E-state index contributed by atoms with van der Waals surface area (Å²) in [5, 5.41) is 0. The van der Waals surface area contributed by atoms with E-state index < -0.39 is 0 Å². The molecule has 0 saturated carbocycles. The van der Waals surface area contributed by atoms with Gasteiger partial charge in [0.2, 0.25) is 0 Å². The van der Waals surface area contributed by atoms with Gasteiger partial charge in [0.15, 0.2) is 0 Å². The molecule has 1 aliphatic rings. The van der Waals surface area contributed by atoms with E-state index in [1.165, 1.54) is 55.6 Å². The average molecular weight is 425 g/mol. The van der Waals surface area contributed by atoms with E-state index in [-0.39, 0.29) is 0 Å². The molecule has 0 unspecified atom stereocenters. The Morgan fingerprint density at radius 3 is 2.25 bits per heavy atom. The first-order chi connectivity index (χ1) is 13.6. The van der Waals surface area contributed by atoms with Crippen LogP contribution in [0.3, 0.4) is 0 Å². The lowest BCUT2D eigenvalue weighted by Gasteiger charge is -2.18. The van der Waals surface area contributed by atoms with Crippen molar-refractivity contribution in [1.82, 2.24) is 0 Å². The molecule has 0 fully saturated rings. The highest BCUT2D eigenvalue weighted by atomic mass is 79.9. The minimum Gasteiger partial charge on any atom is -0.0622 e. The van der Waals surface area contributed by atoms with Crippen molar-refractivity contribution in [3.05, 3.63) is 106 Å². The second-order valence-electron chi connectivity index (χ2n) is 7.61. The van der Waals surface area contributed by atoms with Crippen molar-refractivity contribution >= 4 is 15.9 Å². The standard InChI is InChI=1S/C27H21Br/c1-17-14-23-22-11-7-6-10-21(22)16-24(23)27(18(17)2)25-15-20(12-13-26(25)28)19-8-4-3-5-9-19/h3-15H,16H2,1-2H3. The van der Waals surface area contributed by atoms with Crippen LogP contribution in [-0.4, -0.2) is 0 Å². The van der Waals surface area contributed by atoms with Gasteiger partial charge in [0.25, 0.3) is 0 Å². The van der Waals surface area contributed by atoms with Crippen molar-refractivity contribution in [2.24, 2.45) is 0 Å². The van der Waals surface area contributed by atoms with Crippen molar-refractivity contribution in [2.45, 2.75) is 20.3 Å². The molecule has 0 aliphatic heterocycles. The molecule has 0 amide bonds. The fraction of sp³-hybridized carbons (Fsp3) is 0.111. The van der Waals surface area contributed by atoms with Crippen LogP contribution in [0, 0.1) is 13.8 Å². The van der Waals surface area contributed by atoms with Crippen LogP contribution in [0.15, 0.2) is 83.3 Å². The third-order valence-corrected chi connectivity index (χ3v) is 6.66. The summed E-state index contributed by atoms with van der Waals surface area (Å²) in [6.45, 7) is 4.49. The summed E-state index contributed by atoms with van der Waals surface area (Å²) in [7, 11) is 0. The molecule has 4 aromatic carbocycles. The van der Waals surface area contributed by atoms with Gasteiger partial charge in [-0.3, -0.25) is 0 Å². The van der Waals surface area contributed by atoms with Crippen LogP contribution in [-0.2, 0) is 6.42 Å². The molecule has 0 spiro atoms. The average Bonchev–Trinajstić information content (AvgIpc) is 3.08. The Kier molecular flexibility index (Phi) is 4.21. The predicted octanol–water partition coefficient (Wildman–Crippen LogP) is 7.97. The Balaban J connectivity index is 1.77. The summed E-state index contributed by atoms with van der Waals surface area (Å²) < 4.78 is 1.15. The van der Waals surface area contributed by atoms with Crippen molar-refractivity contribution in [2.75, 3.05) is 0 Å². The Morgan fingerprint density at radius 2 is 1.43 bits per heavy atom. The topological polar surface area (TPSA) is 0 Å². The molecule has 5 rings (SSSR count). The normalized spacial score (nSPS) is 12.0. The minimum atomic E-state index is 1.00. The van der Waals surface area contributed by atoms with Crippen molar-refractivity contribution in [1.29, 1.82) is 0 Å². The lowest BCUT2D eigenvalue weighted by Crippen LogP contribution is -1.96. The van der Waals surface area contributed by atoms with Gasteiger partial charge >= 0.3 is 0 Å². The molecule has 1 aliphatic carbocycles. The maximum absolute atomic E-state index is 3.84. The molecular formula is C27H21Br. The number of benzene rings is 4. The molecule has 4 aromatic rings. The number of rotatable bonds is 2. The van der Waals surface area contributed by atoms with Gasteiger partial charge in [-0.15, -0.1) is 0 Å². The van der Waals surface area contributed by atoms with E-state index in [0.29, 0.717) is 0 Å². The molecule has 0 heterocycles. The molecule has 0 aromatic heterocycles. The van der Waals surface area contributed by atoms with Gasteiger partial charge in [0, 0.05) is 4.47 Å². The van der Waals surface area contributed by atoms with Gasteiger partial charge in [-0.25, -0.2) is 0 Å². The third kappa shape index (κ3) is 2.73. The van der Waals surface area contributed by atoms with Crippen LogP contribution in [0.25, 0.3) is 33.4 Å². The number of aryl methyl sites for hydroxylation is 1. The summed E-state index contributed by atoms with van der Waals surface area (Å²) in [6, 6.07) is 28.5. The Labute approximate surface area is 175 Å². The van der Waals surface area contributed by atoms with E-state index in [1.54, 1.807) is 0 Å². The zero-order chi connectivity index (χ0) is 19.3. The van der Waals surface area contributed by atoms with Gasteiger partial charge in [0.1, 0.15) is 0 Å². The van der Waals surface area contributed by atoms with E-state index in [1.807, 2.05) is 0 Å². The molecule has 0 radical (unpaired) electrons. The number of hydrogen-bond acceptors (Lipinski definition) is 0.